The van der Waals surface area contributed by atoms with E-state index < -0.39 is 0 Å². The Balaban J connectivity index is 1.81. The molecule has 0 fully saturated rings. The third kappa shape index (κ3) is 4.60. The first-order valence-electron chi connectivity index (χ1n) is 7.38. The molecule has 0 atom stereocenters. The third-order valence-corrected chi connectivity index (χ3v) is 5.14. The largest absolute Gasteiger partial charge is 0.496 e. The molecular formula is C18H14BrClN2O2S. The second-order valence-corrected chi connectivity index (χ2v) is 7.86. The molecule has 128 valence electrons. The van der Waals surface area contributed by atoms with Crippen molar-refractivity contribution in [3.63, 3.8) is 0 Å². The summed E-state index contributed by atoms with van der Waals surface area (Å²) in [7, 11) is 1.64. The number of nitrogens with zero attached hydrogens (tertiary/aromatic N) is 2. The molecule has 2 heterocycles. The SMILES string of the molecule is COc1ccc(/C=C/C(=O)c2ccc(Cl)s2)cc1Cn1cc(Br)cn1. The molecule has 3 rings (SSSR count). The van der Waals surface area contributed by atoms with Crippen molar-refractivity contribution in [1.82, 2.24) is 9.78 Å². The highest BCUT2D eigenvalue weighted by Gasteiger charge is 2.07. The molecule has 7 heteroatoms. The summed E-state index contributed by atoms with van der Waals surface area (Å²) in [5.41, 5.74) is 1.89. The van der Waals surface area contributed by atoms with Gasteiger partial charge in [-0.3, -0.25) is 9.48 Å². The maximum atomic E-state index is 12.2. The fourth-order valence-electron chi connectivity index (χ4n) is 2.33. The van der Waals surface area contributed by atoms with E-state index >= 15 is 0 Å². The average Bonchev–Trinajstić information content (AvgIpc) is 3.21. The molecule has 0 radical (unpaired) electrons. The van der Waals surface area contributed by atoms with Crippen molar-refractivity contribution in [2.24, 2.45) is 0 Å². The van der Waals surface area contributed by atoms with Crippen LogP contribution in [0.15, 0.2) is 53.3 Å². The summed E-state index contributed by atoms with van der Waals surface area (Å²) in [6.07, 6.45) is 6.98. The molecule has 0 aliphatic rings. The van der Waals surface area contributed by atoms with E-state index in [-0.39, 0.29) is 5.78 Å². The van der Waals surface area contributed by atoms with Crippen LogP contribution < -0.4 is 4.74 Å². The Kier molecular flexibility index (Phi) is 5.73. The van der Waals surface area contributed by atoms with E-state index in [0.29, 0.717) is 15.8 Å². The Morgan fingerprint density at radius 3 is 2.88 bits per heavy atom. The zero-order chi connectivity index (χ0) is 17.8. The number of rotatable bonds is 6. The summed E-state index contributed by atoms with van der Waals surface area (Å²) < 4.78 is 8.76. The number of aromatic nitrogens is 2. The fraction of sp³-hybridized carbons (Fsp3) is 0.111. The lowest BCUT2D eigenvalue weighted by Gasteiger charge is -2.09. The standard InChI is InChI=1S/C18H14BrClN2O2S/c1-24-16-5-3-12(2-4-15(23)17-6-7-18(20)25-17)8-13(16)10-22-11-14(19)9-21-22/h2-9,11H,10H2,1H3/b4-2+. The van der Waals surface area contributed by atoms with E-state index in [1.807, 2.05) is 29.1 Å². The Labute approximate surface area is 162 Å². The molecule has 0 saturated heterocycles. The number of halogens is 2. The monoisotopic (exact) mass is 436 g/mol. The number of thiophene rings is 1. The van der Waals surface area contributed by atoms with Crippen molar-refractivity contribution in [1.29, 1.82) is 0 Å². The molecule has 0 aliphatic heterocycles. The van der Waals surface area contributed by atoms with Crippen LogP contribution in [0.25, 0.3) is 6.08 Å². The van der Waals surface area contributed by atoms with E-state index in [0.717, 1.165) is 21.3 Å². The second-order valence-electron chi connectivity index (χ2n) is 5.23. The van der Waals surface area contributed by atoms with Crippen molar-refractivity contribution in [2.45, 2.75) is 6.54 Å². The van der Waals surface area contributed by atoms with Crippen molar-refractivity contribution in [3.05, 3.63) is 73.6 Å². The predicted octanol–water partition coefficient (Wildman–Crippen LogP) is 5.31. The van der Waals surface area contributed by atoms with Crippen LogP contribution in [-0.2, 0) is 6.54 Å². The third-order valence-electron chi connectivity index (χ3n) is 3.48. The summed E-state index contributed by atoms with van der Waals surface area (Å²) in [6.45, 7) is 0.574. The van der Waals surface area contributed by atoms with Crippen LogP contribution in [0, 0.1) is 0 Å². The minimum atomic E-state index is -0.0646. The van der Waals surface area contributed by atoms with E-state index in [1.165, 1.54) is 11.3 Å². The van der Waals surface area contributed by atoms with Gasteiger partial charge in [-0.15, -0.1) is 11.3 Å². The normalized spacial score (nSPS) is 11.2. The molecular weight excluding hydrogens is 424 g/mol. The number of carbonyl (C=O) groups excluding carboxylic acids is 1. The first-order valence-corrected chi connectivity index (χ1v) is 9.36. The van der Waals surface area contributed by atoms with Gasteiger partial charge in [-0.1, -0.05) is 23.7 Å². The van der Waals surface area contributed by atoms with E-state index in [2.05, 4.69) is 21.0 Å². The van der Waals surface area contributed by atoms with Crippen molar-refractivity contribution < 1.29 is 9.53 Å². The Morgan fingerprint density at radius 2 is 2.24 bits per heavy atom. The Bertz CT molecular complexity index is 933. The summed E-state index contributed by atoms with van der Waals surface area (Å²) in [4.78, 5) is 12.8. The van der Waals surface area contributed by atoms with Gasteiger partial charge in [0.1, 0.15) is 5.75 Å². The van der Waals surface area contributed by atoms with Crippen LogP contribution in [0.1, 0.15) is 20.8 Å². The lowest BCUT2D eigenvalue weighted by atomic mass is 10.1. The zero-order valence-electron chi connectivity index (χ0n) is 13.3. The number of allylic oxidation sites excluding steroid dienone is 1. The highest BCUT2D eigenvalue weighted by atomic mass is 79.9. The number of hydrogen-bond donors (Lipinski definition) is 0. The topological polar surface area (TPSA) is 44.1 Å². The summed E-state index contributed by atoms with van der Waals surface area (Å²) in [5.74, 6) is 0.713. The highest BCUT2D eigenvalue weighted by Crippen LogP contribution is 2.24. The minimum Gasteiger partial charge on any atom is -0.496 e. The quantitative estimate of drug-likeness (QED) is 0.387. The molecule has 0 aliphatic carbocycles. The molecule has 0 bridgehead atoms. The molecule has 0 spiro atoms. The maximum absolute atomic E-state index is 12.2. The van der Waals surface area contributed by atoms with Gasteiger partial charge in [0.2, 0.25) is 0 Å². The lowest BCUT2D eigenvalue weighted by Crippen LogP contribution is -2.02. The van der Waals surface area contributed by atoms with Gasteiger partial charge in [0.15, 0.2) is 5.78 Å². The molecule has 3 aromatic rings. The van der Waals surface area contributed by atoms with Gasteiger partial charge < -0.3 is 4.74 Å². The summed E-state index contributed by atoms with van der Waals surface area (Å²) >= 11 is 10.5. The minimum absolute atomic E-state index is 0.0646. The number of ketones is 1. The van der Waals surface area contributed by atoms with Crippen molar-refractivity contribution in [3.8, 4) is 5.75 Å². The zero-order valence-corrected chi connectivity index (χ0v) is 16.4. The van der Waals surface area contributed by atoms with E-state index in [9.17, 15) is 4.79 Å². The lowest BCUT2D eigenvalue weighted by molar-refractivity contribution is 0.105. The second kappa shape index (κ2) is 7.99. The van der Waals surface area contributed by atoms with Crippen LogP contribution in [0.2, 0.25) is 4.34 Å². The Morgan fingerprint density at radius 1 is 1.40 bits per heavy atom. The average molecular weight is 438 g/mol. The molecule has 1 aromatic carbocycles. The van der Waals surface area contributed by atoms with Gasteiger partial charge in [0.25, 0.3) is 0 Å². The van der Waals surface area contributed by atoms with Crippen LogP contribution in [0.5, 0.6) is 5.75 Å². The number of ether oxygens (including phenoxy) is 1. The Hall–Kier alpha value is -1.89. The fourth-order valence-corrected chi connectivity index (χ4v) is 3.62. The molecule has 0 N–H and O–H groups in total. The van der Waals surface area contributed by atoms with Gasteiger partial charge in [-0.25, -0.2) is 0 Å². The van der Waals surface area contributed by atoms with Crippen LogP contribution in [0.4, 0.5) is 0 Å². The number of hydrogen-bond acceptors (Lipinski definition) is 4. The van der Waals surface area contributed by atoms with Gasteiger partial charge in [0, 0.05) is 11.8 Å². The van der Waals surface area contributed by atoms with Gasteiger partial charge >= 0.3 is 0 Å². The van der Waals surface area contributed by atoms with Gasteiger partial charge in [-0.2, -0.15) is 5.10 Å². The maximum Gasteiger partial charge on any atom is 0.195 e. The number of methoxy groups -OCH3 is 1. The predicted molar refractivity (Wildman–Crippen MR) is 105 cm³/mol. The van der Waals surface area contributed by atoms with Crippen LogP contribution in [-0.4, -0.2) is 22.7 Å². The highest BCUT2D eigenvalue weighted by molar-refractivity contribution is 9.10. The smallest absolute Gasteiger partial charge is 0.195 e. The molecule has 4 nitrogen and oxygen atoms in total. The first kappa shape index (κ1) is 17.9. The van der Waals surface area contributed by atoms with Crippen molar-refractivity contribution in [2.75, 3.05) is 7.11 Å². The molecule has 0 unspecified atom stereocenters. The van der Waals surface area contributed by atoms with Crippen LogP contribution in [0.3, 0.4) is 0 Å². The van der Waals surface area contributed by atoms with Crippen molar-refractivity contribution >= 4 is 50.7 Å². The summed E-state index contributed by atoms with van der Waals surface area (Å²) in [5, 5.41) is 4.26. The van der Waals surface area contributed by atoms with Crippen LogP contribution >= 0.6 is 38.9 Å². The molecule has 25 heavy (non-hydrogen) atoms. The van der Waals surface area contributed by atoms with E-state index in [1.54, 1.807) is 37.6 Å². The van der Waals surface area contributed by atoms with Gasteiger partial charge in [0.05, 0.1) is 33.5 Å². The number of benzene rings is 1. The molecule has 0 amide bonds. The summed E-state index contributed by atoms with van der Waals surface area (Å²) in [6, 6.07) is 9.24. The number of carbonyl (C=O) groups is 1. The molecule has 0 saturated carbocycles. The first-order chi connectivity index (χ1) is 12.0. The van der Waals surface area contributed by atoms with E-state index in [4.69, 9.17) is 16.3 Å². The van der Waals surface area contributed by atoms with Gasteiger partial charge in [-0.05, 0) is 51.8 Å². The molecule has 2 aromatic heterocycles.